The van der Waals surface area contributed by atoms with Crippen LogP contribution in [-0.4, -0.2) is 46.3 Å². The van der Waals surface area contributed by atoms with E-state index in [1.54, 1.807) is 0 Å². The Labute approximate surface area is 147 Å². The molecular weight excluding hydrogens is 320 g/mol. The zero-order chi connectivity index (χ0) is 17.1. The second-order valence-electron chi connectivity index (χ2n) is 6.42. The van der Waals surface area contributed by atoms with Gasteiger partial charge in [-0.1, -0.05) is 23.8 Å². The average Bonchev–Trinajstić information content (AvgIpc) is 3.00. The quantitative estimate of drug-likeness (QED) is 0.856. The molecule has 5 nitrogen and oxygen atoms in total. The number of piperazine rings is 1. The minimum Gasteiger partial charge on any atom is -0.343 e. The molecule has 1 aromatic carbocycles. The Morgan fingerprint density at radius 1 is 1.17 bits per heavy atom. The van der Waals surface area contributed by atoms with Gasteiger partial charge in [-0.25, -0.2) is 4.98 Å². The Hall–Kier alpha value is -1.95. The van der Waals surface area contributed by atoms with E-state index in [0.29, 0.717) is 6.42 Å². The predicted molar refractivity (Wildman–Crippen MR) is 97.7 cm³/mol. The summed E-state index contributed by atoms with van der Waals surface area (Å²) in [6.07, 6.45) is 1.41. The van der Waals surface area contributed by atoms with Gasteiger partial charge in [0.2, 0.25) is 11.0 Å². The molecule has 0 unspecified atom stereocenters. The lowest BCUT2D eigenvalue weighted by molar-refractivity contribution is -0.131. The number of amides is 1. The summed E-state index contributed by atoms with van der Waals surface area (Å²) >= 11 is 1.44. The van der Waals surface area contributed by atoms with Crippen LogP contribution in [-0.2, 0) is 11.2 Å². The number of anilines is 1. The number of aromatic nitrogens is 2. The van der Waals surface area contributed by atoms with E-state index in [1.807, 2.05) is 11.8 Å². The van der Waals surface area contributed by atoms with Gasteiger partial charge < -0.3 is 9.80 Å². The molecule has 0 N–H and O–H groups in total. The van der Waals surface area contributed by atoms with Gasteiger partial charge in [-0.05, 0) is 38.3 Å². The van der Waals surface area contributed by atoms with Crippen LogP contribution in [0.2, 0.25) is 0 Å². The van der Waals surface area contributed by atoms with Crippen molar-refractivity contribution in [2.75, 3.05) is 31.1 Å². The molecule has 1 saturated heterocycles. The van der Waals surface area contributed by atoms with Gasteiger partial charge in [-0.2, -0.15) is 4.37 Å². The maximum Gasteiger partial charge on any atom is 0.223 e. The van der Waals surface area contributed by atoms with Crippen molar-refractivity contribution in [2.45, 2.75) is 33.6 Å². The van der Waals surface area contributed by atoms with Crippen LogP contribution < -0.4 is 4.90 Å². The van der Waals surface area contributed by atoms with Crippen LogP contribution in [0.5, 0.6) is 0 Å². The zero-order valence-electron chi connectivity index (χ0n) is 14.6. The summed E-state index contributed by atoms with van der Waals surface area (Å²) in [5.74, 6) is 1.07. The highest BCUT2D eigenvalue weighted by molar-refractivity contribution is 7.09. The van der Waals surface area contributed by atoms with Crippen LogP contribution >= 0.6 is 11.5 Å². The first-order valence-corrected chi connectivity index (χ1v) is 9.19. The molecule has 0 saturated carbocycles. The Balaban J connectivity index is 1.50. The summed E-state index contributed by atoms with van der Waals surface area (Å²) in [6.45, 7) is 9.34. The Kier molecular flexibility index (Phi) is 5.14. The first-order chi connectivity index (χ1) is 11.5. The number of nitrogens with zero attached hydrogens (tertiary/aromatic N) is 4. The van der Waals surface area contributed by atoms with Crippen molar-refractivity contribution in [3.63, 3.8) is 0 Å². The minimum absolute atomic E-state index is 0.253. The maximum absolute atomic E-state index is 12.5. The SMILES string of the molecule is Cc1ccc(CCC(=O)N2CCN(c3nc(C)ns3)CC2)c(C)c1. The monoisotopic (exact) mass is 344 g/mol. The molecule has 128 valence electrons. The number of carbonyl (C=O) groups is 1. The van der Waals surface area contributed by atoms with Crippen molar-refractivity contribution in [2.24, 2.45) is 0 Å². The third-order valence-electron chi connectivity index (χ3n) is 4.53. The van der Waals surface area contributed by atoms with E-state index < -0.39 is 0 Å². The summed E-state index contributed by atoms with van der Waals surface area (Å²) in [5.41, 5.74) is 3.82. The van der Waals surface area contributed by atoms with Crippen molar-refractivity contribution in [3.8, 4) is 0 Å². The van der Waals surface area contributed by atoms with Gasteiger partial charge in [-0.3, -0.25) is 4.79 Å². The van der Waals surface area contributed by atoms with Gasteiger partial charge in [-0.15, -0.1) is 0 Å². The molecule has 2 heterocycles. The third-order valence-corrected chi connectivity index (χ3v) is 5.39. The van der Waals surface area contributed by atoms with Crippen molar-refractivity contribution >= 4 is 22.6 Å². The number of aryl methyl sites for hydroxylation is 4. The summed E-state index contributed by atoms with van der Waals surface area (Å²) < 4.78 is 4.23. The van der Waals surface area contributed by atoms with Gasteiger partial charge in [0.25, 0.3) is 0 Å². The molecule has 1 aromatic heterocycles. The largest absolute Gasteiger partial charge is 0.343 e. The van der Waals surface area contributed by atoms with Gasteiger partial charge >= 0.3 is 0 Å². The molecule has 1 aliphatic heterocycles. The highest BCUT2D eigenvalue weighted by Gasteiger charge is 2.22. The molecule has 24 heavy (non-hydrogen) atoms. The number of carbonyl (C=O) groups excluding carboxylic acids is 1. The highest BCUT2D eigenvalue weighted by atomic mass is 32.1. The molecule has 0 spiro atoms. The van der Waals surface area contributed by atoms with E-state index in [-0.39, 0.29) is 5.91 Å². The van der Waals surface area contributed by atoms with E-state index in [1.165, 1.54) is 28.2 Å². The Morgan fingerprint density at radius 2 is 1.92 bits per heavy atom. The fourth-order valence-electron chi connectivity index (χ4n) is 3.09. The van der Waals surface area contributed by atoms with Crippen LogP contribution in [0.3, 0.4) is 0 Å². The second-order valence-corrected chi connectivity index (χ2v) is 7.15. The van der Waals surface area contributed by atoms with Crippen molar-refractivity contribution in [1.82, 2.24) is 14.3 Å². The summed E-state index contributed by atoms with van der Waals surface area (Å²) in [5, 5.41) is 0.967. The lowest BCUT2D eigenvalue weighted by Gasteiger charge is -2.34. The molecule has 2 aromatic rings. The molecule has 3 rings (SSSR count). The predicted octanol–water partition coefficient (Wildman–Crippen LogP) is 2.74. The molecule has 1 aliphatic rings. The molecule has 1 fully saturated rings. The van der Waals surface area contributed by atoms with Crippen LogP contribution in [0.25, 0.3) is 0 Å². The fraction of sp³-hybridized carbons (Fsp3) is 0.500. The average molecular weight is 344 g/mol. The van der Waals surface area contributed by atoms with E-state index in [9.17, 15) is 4.79 Å². The lowest BCUT2D eigenvalue weighted by Crippen LogP contribution is -2.48. The third kappa shape index (κ3) is 3.93. The van der Waals surface area contributed by atoms with E-state index in [4.69, 9.17) is 0 Å². The maximum atomic E-state index is 12.5. The van der Waals surface area contributed by atoms with Crippen LogP contribution in [0.15, 0.2) is 18.2 Å². The smallest absolute Gasteiger partial charge is 0.223 e. The molecule has 1 amide bonds. The number of hydrogen-bond donors (Lipinski definition) is 0. The summed E-state index contributed by atoms with van der Waals surface area (Å²) in [6, 6.07) is 6.45. The second kappa shape index (κ2) is 7.30. The standard InChI is InChI=1S/C18H24N4OS/c1-13-4-5-16(14(2)12-13)6-7-17(23)21-8-10-22(11-9-21)18-19-15(3)20-24-18/h4-5,12H,6-11H2,1-3H3. The number of hydrogen-bond acceptors (Lipinski definition) is 5. The minimum atomic E-state index is 0.253. The van der Waals surface area contributed by atoms with Crippen LogP contribution in [0, 0.1) is 20.8 Å². The highest BCUT2D eigenvalue weighted by Crippen LogP contribution is 2.19. The summed E-state index contributed by atoms with van der Waals surface area (Å²) in [4.78, 5) is 21.1. The topological polar surface area (TPSA) is 49.3 Å². The Bertz CT molecular complexity index is 720. The molecule has 0 radical (unpaired) electrons. The van der Waals surface area contributed by atoms with Crippen LogP contribution in [0.4, 0.5) is 5.13 Å². The molecule has 0 bridgehead atoms. The fourth-order valence-corrected chi connectivity index (χ4v) is 3.81. The van der Waals surface area contributed by atoms with Gasteiger partial charge in [0.05, 0.1) is 0 Å². The van der Waals surface area contributed by atoms with E-state index >= 15 is 0 Å². The zero-order valence-corrected chi connectivity index (χ0v) is 15.4. The first-order valence-electron chi connectivity index (χ1n) is 8.42. The van der Waals surface area contributed by atoms with E-state index in [0.717, 1.165) is 43.6 Å². The number of rotatable bonds is 4. The molecule has 6 heteroatoms. The van der Waals surface area contributed by atoms with Gasteiger partial charge in [0.1, 0.15) is 5.82 Å². The van der Waals surface area contributed by atoms with Crippen molar-refractivity contribution < 1.29 is 4.79 Å². The lowest BCUT2D eigenvalue weighted by atomic mass is 10.0. The first kappa shape index (κ1) is 16.9. The number of benzene rings is 1. The summed E-state index contributed by atoms with van der Waals surface area (Å²) in [7, 11) is 0. The molecule has 0 aliphatic carbocycles. The molecular formula is C18H24N4OS. The van der Waals surface area contributed by atoms with Gasteiger partial charge in [0.15, 0.2) is 0 Å². The van der Waals surface area contributed by atoms with Crippen LogP contribution in [0.1, 0.15) is 28.9 Å². The van der Waals surface area contributed by atoms with Crippen molar-refractivity contribution in [3.05, 3.63) is 40.7 Å². The normalized spacial score (nSPS) is 15.0. The van der Waals surface area contributed by atoms with Crippen molar-refractivity contribution in [1.29, 1.82) is 0 Å². The van der Waals surface area contributed by atoms with E-state index in [2.05, 4.69) is 46.3 Å². The van der Waals surface area contributed by atoms with Gasteiger partial charge in [0, 0.05) is 44.1 Å². The Morgan fingerprint density at radius 3 is 2.54 bits per heavy atom. The molecule has 0 atom stereocenters.